The summed E-state index contributed by atoms with van der Waals surface area (Å²) < 4.78 is 5.57. The van der Waals surface area contributed by atoms with Crippen molar-refractivity contribution in [2.45, 2.75) is 31.2 Å². The number of nitrogens with zero attached hydrogens (tertiary/aromatic N) is 1. The largest absolute Gasteiger partial charge is 0.491 e. The second kappa shape index (κ2) is 5.08. The first-order chi connectivity index (χ1) is 8.06. The Labute approximate surface area is 110 Å². The van der Waals surface area contributed by atoms with Gasteiger partial charge in [-0.25, -0.2) is 0 Å². The summed E-state index contributed by atoms with van der Waals surface area (Å²) in [5.41, 5.74) is 0.938. The number of alkyl halides is 1. The Hall–Kier alpha value is -1.03. The van der Waals surface area contributed by atoms with Crippen LogP contribution < -0.4 is 9.64 Å². The van der Waals surface area contributed by atoms with E-state index in [1.54, 1.807) is 4.90 Å². The summed E-state index contributed by atoms with van der Waals surface area (Å²) in [7, 11) is 0. The van der Waals surface area contributed by atoms with Gasteiger partial charge in [0.2, 0.25) is 5.91 Å². The van der Waals surface area contributed by atoms with Crippen LogP contribution in [0.1, 0.15) is 20.3 Å². The van der Waals surface area contributed by atoms with Crippen molar-refractivity contribution in [3.63, 3.8) is 0 Å². The number of carbonyl (C=O) groups excluding carboxylic acids is 1. The van der Waals surface area contributed by atoms with Gasteiger partial charge in [-0.05, 0) is 38.1 Å². The lowest BCUT2D eigenvalue weighted by Gasteiger charge is -2.17. The van der Waals surface area contributed by atoms with Crippen LogP contribution in [0.2, 0.25) is 0 Å². The Kier molecular flexibility index (Phi) is 3.72. The molecule has 3 nitrogen and oxygen atoms in total. The fourth-order valence-corrected chi connectivity index (χ4v) is 2.46. The van der Waals surface area contributed by atoms with Crippen LogP contribution in [0.5, 0.6) is 5.75 Å². The van der Waals surface area contributed by atoms with E-state index in [1.807, 2.05) is 38.1 Å². The summed E-state index contributed by atoms with van der Waals surface area (Å²) in [5.74, 6) is 1.01. The molecule has 1 amide bonds. The molecule has 1 aromatic carbocycles. The highest BCUT2D eigenvalue weighted by Gasteiger charge is 2.28. The van der Waals surface area contributed by atoms with E-state index < -0.39 is 0 Å². The summed E-state index contributed by atoms with van der Waals surface area (Å²) in [5, 5.41) is 0. The second-order valence-corrected chi connectivity index (χ2v) is 5.76. The van der Waals surface area contributed by atoms with Crippen LogP contribution in [0.4, 0.5) is 5.69 Å². The van der Waals surface area contributed by atoms with Crippen LogP contribution in [-0.4, -0.2) is 23.4 Å². The van der Waals surface area contributed by atoms with E-state index in [-0.39, 0.29) is 16.8 Å². The van der Waals surface area contributed by atoms with Crippen molar-refractivity contribution in [3.05, 3.63) is 24.3 Å². The average molecular weight is 298 g/mol. The summed E-state index contributed by atoms with van der Waals surface area (Å²) >= 11 is 3.48. The highest BCUT2D eigenvalue weighted by molar-refractivity contribution is 9.09. The zero-order valence-electron chi connectivity index (χ0n) is 10.0. The number of rotatable bonds is 3. The van der Waals surface area contributed by atoms with Crippen LogP contribution >= 0.6 is 15.9 Å². The minimum Gasteiger partial charge on any atom is -0.491 e. The predicted molar refractivity (Wildman–Crippen MR) is 71.9 cm³/mol. The van der Waals surface area contributed by atoms with Crippen LogP contribution in [0.15, 0.2) is 24.3 Å². The standard InChI is InChI=1S/C13H16BrNO2/c1-9(2)17-12-5-3-11(4-6-12)15-8-10(14)7-13(15)16/h3-6,9-10H,7-8H2,1-2H3. The van der Waals surface area contributed by atoms with E-state index in [4.69, 9.17) is 4.74 Å². The average Bonchev–Trinajstić information content (AvgIpc) is 2.58. The van der Waals surface area contributed by atoms with E-state index in [1.165, 1.54) is 0 Å². The van der Waals surface area contributed by atoms with Gasteiger partial charge in [-0.2, -0.15) is 0 Å². The molecule has 0 saturated carbocycles. The second-order valence-electron chi connectivity index (χ2n) is 4.47. The van der Waals surface area contributed by atoms with Gasteiger partial charge in [0.15, 0.2) is 0 Å². The molecule has 1 saturated heterocycles. The molecule has 1 aliphatic rings. The van der Waals surface area contributed by atoms with Gasteiger partial charge in [0.05, 0.1) is 6.10 Å². The number of anilines is 1. The van der Waals surface area contributed by atoms with Crippen molar-refractivity contribution < 1.29 is 9.53 Å². The van der Waals surface area contributed by atoms with Gasteiger partial charge < -0.3 is 9.64 Å². The third kappa shape index (κ3) is 3.00. The molecule has 2 rings (SSSR count). The molecular weight excluding hydrogens is 282 g/mol. The SMILES string of the molecule is CC(C)Oc1ccc(N2CC(Br)CC2=O)cc1. The molecule has 0 radical (unpaired) electrons. The zero-order valence-corrected chi connectivity index (χ0v) is 11.6. The number of amides is 1. The van der Waals surface area contributed by atoms with Crippen LogP contribution in [-0.2, 0) is 4.79 Å². The number of halogens is 1. The quantitative estimate of drug-likeness (QED) is 0.803. The van der Waals surface area contributed by atoms with Gasteiger partial charge in [-0.15, -0.1) is 0 Å². The van der Waals surface area contributed by atoms with Crippen molar-refractivity contribution in [1.82, 2.24) is 0 Å². The lowest BCUT2D eigenvalue weighted by Crippen LogP contribution is -2.24. The number of benzene rings is 1. The third-order valence-corrected chi connectivity index (χ3v) is 3.21. The molecule has 0 N–H and O–H groups in total. The summed E-state index contributed by atoms with van der Waals surface area (Å²) in [6.45, 7) is 4.73. The molecule has 0 bridgehead atoms. The van der Waals surface area contributed by atoms with Crippen LogP contribution in [0.25, 0.3) is 0 Å². The molecule has 1 atom stereocenters. The molecule has 1 unspecified atom stereocenters. The van der Waals surface area contributed by atoms with Gasteiger partial charge in [0, 0.05) is 23.5 Å². The Morgan fingerprint density at radius 3 is 2.47 bits per heavy atom. The first-order valence-corrected chi connectivity index (χ1v) is 6.69. The minimum atomic E-state index is 0.168. The molecule has 1 fully saturated rings. The molecule has 1 heterocycles. The topological polar surface area (TPSA) is 29.5 Å². The number of hydrogen-bond donors (Lipinski definition) is 0. The predicted octanol–water partition coefficient (Wildman–Crippen LogP) is 2.97. The summed E-state index contributed by atoms with van der Waals surface area (Å²) in [4.78, 5) is 13.8. The van der Waals surface area contributed by atoms with E-state index in [9.17, 15) is 4.79 Å². The van der Waals surface area contributed by atoms with Gasteiger partial charge in [-0.3, -0.25) is 4.79 Å². The van der Waals surface area contributed by atoms with Crippen LogP contribution in [0, 0.1) is 0 Å². The number of hydrogen-bond acceptors (Lipinski definition) is 2. The maximum atomic E-state index is 11.7. The first kappa shape index (κ1) is 12.4. The molecule has 0 aromatic heterocycles. The van der Waals surface area contributed by atoms with Crippen molar-refractivity contribution in [3.8, 4) is 5.75 Å². The minimum absolute atomic E-state index is 0.168. The van der Waals surface area contributed by atoms with Crippen molar-refractivity contribution in [1.29, 1.82) is 0 Å². The lowest BCUT2D eigenvalue weighted by atomic mass is 10.3. The molecule has 0 spiro atoms. The van der Waals surface area contributed by atoms with Gasteiger partial charge >= 0.3 is 0 Å². The Morgan fingerprint density at radius 2 is 2.00 bits per heavy atom. The van der Waals surface area contributed by atoms with Gasteiger partial charge in [0.1, 0.15) is 5.75 Å². The van der Waals surface area contributed by atoms with Crippen LogP contribution in [0.3, 0.4) is 0 Å². The van der Waals surface area contributed by atoms with E-state index in [0.29, 0.717) is 6.42 Å². The number of carbonyl (C=O) groups is 1. The van der Waals surface area contributed by atoms with E-state index >= 15 is 0 Å². The fraction of sp³-hybridized carbons (Fsp3) is 0.462. The van der Waals surface area contributed by atoms with Gasteiger partial charge in [-0.1, -0.05) is 15.9 Å². The van der Waals surface area contributed by atoms with E-state index in [2.05, 4.69) is 15.9 Å². The molecule has 92 valence electrons. The first-order valence-electron chi connectivity index (χ1n) is 5.77. The molecule has 0 aliphatic carbocycles. The monoisotopic (exact) mass is 297 g/mol. The molecule has 1 aliphatic heterocycles. The third-order valence-electron chi connectivity index (χ3n) is 2.60. The highest BCUT2D eigenvalue weighted by Crippen LogP contribution is 2.26. The normalized spacial score (nSPS) is 20.1. The lowest BCUT2D eigenvalue weighted by molar-refractivity contribution is -0.117. The maximum Gasteiger partial charge on any atom is 0.228 e. The molecule has 4 heteroatoms. The van der Waals surface area contributed by atoms with Crippen molar-refractivity contribution >= 4 is 27.5 Å². The Bertz CT molecular complexity index is 402. The maximum absolute atomic E-state index is 11.7. The summed E-state index contributed by atoms with van der Waals surface area (Å²) in [6, 6.07) is 7.68. The zero-order chi connectivity index (χ0) is 12.4. The highest BCUT2D eigenvalue weighted by atomic mass is 79.9. The number of ether oxygens (including phenoxy) is 1. The van der Waals surface area contributed by atoms with Crippen molar-refractivity contribution in [2.24, 2.45) is 0 Å². The fourth-order valence-electron chi connectivity index (χ4n) is 1.89. The van der Waals surface area contributed by atoms with Gasteiger partial charge in [0.25, 0.3) is 0 Å². The molecular formula is C13H16BrNO2. The smallest absolute Gasteiger partial charge is 0.228 e. The molecule has 1 aromatic rings. The Morgan fingerprint density at radius 1 is 1.35 bits per heavy atom. The summed E-state index contributed by atoms with van der Waals surface area (Å²) in [6.07, 6.45) is 0.741. The van der Waals surface area contributed by atoms with E-state index in [0.717, 1.165) is 18.0 Å². The Balaban J connectivity index is 2.10. The van der Waals surface area contributed by atoms with Crippen molar-refractivity contribution in [2.75, 3.05) is 11.4 Å². The molecule has 17 heavy (non-hydrogen) atoms.